The van der Waals surface area contributed by atoms with Crippen LogP contribution in [0.3, 0.4) is 0 Å². The van der Waals surface area contributed by atoms with Crippen molar-refractivity contribution in [2.75, 3.05) is 0 Å². The highest BCUT2D eigenvalue weighted by Gasteiger charge is 2.42. The largest absolute Gasteiger partial charge is 0.511 e. The maximum absolute atomic E-state index is 11.9. The van der Waals surface area contributed by atoms with E-state index >= 15 is 0 Å². The molecule has 1 aromatic rings. The topological polar surface area (TPSA) is 108 Å². The van der Waals surface area contributed by atoms with Gasteiger partial charge in [0.2, 0.25) is 0 Å². The zero-order chi connectivity index (χ0) is 32.4. The van der Waals surface area contributed by atoms with E-state index in [1.54, 1.807) is 12.4 Å². The summed E-state index contributed by atoms with van der Waals surface area (Å²) in [4.78, 5) is 32.2. The first-order valence-electron chi connectivity index (χ1n) is 16.4. The molecule has 0 radical (unpaired) electrons. The SMILES string of the molecule is CCC1=C(C)C2=NC1=CC1=C(C)C3=C(O)CC(=C3C1)C1=NC(=C(c3ccncc3)C3=NC(=C2)C(CC)=C3C)[C@@H](C)[C@@H]1CCC(=O)O. The Labute approximate surface area is 270 Å². The lowest BCUT2D eigenvalue weighted by Gasteiger charge is -2.21. The zero-order valence-electron chi connectivity index (χ0n) is 27.5. The van der Waals surface area contributed by atoms with E-state index in [1.165, 1.54) is 16.7 Å². The van der Waals surface area contributed by atoms with Crippen molar-refractivity contribution in [3.63, 3.8) is 0 Å². The summed E-state index contributed by atoms with van der Waals surface area (Å²) in [6.45, 7) is 12.9. The second-order valence-corrected chi connectivity index (χ2v) is 13.0. The van der Waals surface area contributed by atoms with E-state index in [-0.39, 0.29) is 18.3 Å². The minimum Gasteiger partial charge on any atom is -0.511 e. The number of fused-ring (bicyclic) bond motifs is 5. The van der Waals surface area contributed by atoms with Crippen molar-refractivity contribution in [2.24, 2.45) is 26.8 Å². The predicted octanol–water partition coefficient (Wildman–Crippen LogP) is 8.74. The van der Waals surface area contributed by atoms with Gasteiger partial charge in [-0.05, 0) is 121 Å². The summed E-state index contributed by atoms with van der Waals surface area (Å²) < 4.78 is 0. The number of carbonyl (C=O) groups is 1. The first-order chi connectivity index (χ1) is 22.1. The molecule has 8 bridgehead atoms. The van der Waals surface area contributed by atoms with Gasteiger partial charge < -0.3 is 10.2 Å². The first kappa shape index (κ1) is 30.0. The molecule has 5 heterocycles. The number of aromatic nitrogens is 1. The maximum atomic E-state index is 11.9. The van der Waals surface area contributed by atoms with Crippen LogP contribution in [0.2, 0.25) is 0 Å². The average molecular weight is 613 g/mol. The second-order valence-electron chi connectivity index (χ2n) is 13.0. The summed E-state index contributed by atoms with van der Waals surface area (Å²) in [6.07, 6.45) is 11.2. The average Bonchev–Trinajstić information content (AvgIpc) is 3.79. The number of hydrogen-bond donors (Lipinski definition) is 2. The van der Waals surface area contributed by atoms with Crippen LogP contribution in [0.15, 0.2) is 125 Å². The van der Waals surface area contributed by atoms with E-state index in [2.05, 4.69) is 58.7 Å². The van der Waals surface area contributed by atoms with Crippen LogP contribution in [-0.2, 0) is 4.79 Å². The molecule has 0 unspecified atom stereocenters. The molecule has 7 heteroatoms. The van der Waals surface area contributed by atoms with Crippen LogP contribution in [0.1, 0.15) is 85.6 Å². The van der Waals surface area contributed by atoms with Crippen LogP contribution in [0, 0.1) is 11.8 Å². The number of carboxylic acids is 1. The van der Waals surface area contributed by atoms with Crippen LogP contribution >= 0.6 is 0 Å². The number of hydrogen-bond acceptors (Lipinski definition) is 6. The summed E-state index contributed by atoms with van der Waals surface area (Å²) in [5, 5.41) is 21.1. The summed E-state index contributed by atoms with van der Waals surface area (Å²) in [7, 11) is 0. The summed E-state index contributed by atoms with van der Waals surface area (Å²) in [6, 6.07) is 4.02. The number of aliphatic hydroxyl groups excluding tert-OH is 1. The van der Waals surface area contributed by atoms with Gasteiger partial charge in [0, 0.05) is 53.9 Å². The number of pyridine rings is 1. The van der Waals surface area contributed by atoms with E-state index < -0.39 is 5.97 Å². The molecular formula is C39H40N4O3. The molecule has 6 aliphatic rings. The molecule has 0 aromatic carbocycles. The van der Waals surface area contributed by atoms with Gasteiger partial charge in [0.15, 0.2) is 0 Å². The molecule has 4 aliphatic heterocycles. The molecule has 2 N–H and O–H groups in total. The Kier molecular flexibility index (Phi) is 7.38. The fraction of sp³-hybridized carbons (Fsp3) is 0.359. The highest BCUT2D eigenvalue weighted by atomic mass is 16.4. The van der Waals surface area contributed by atoms with Gasteiger partial charge in [-0.3, -0.25) is 14.8 Å². The summed E-state index contributed by atoms with van der Waals surface area (Å²) in [5.74, 6) is -0.617. The Hall–Kier alpha value is -4.65. The van der Waals surface area contributed by atoms with Gasteiger partial charge in [-0.2, -0.15) is 0 Å². The molecule has 7 nitrogen and oxygen atoms in total. The van der Waals surface area contributed by atoms with Crippen LogP contribution < -0.4 is 0 Å². The van der Waals surface area contributed by atoms with Crippen LogP contribution in [-0.4, -0.2) is 38.3 Å². The normalized spacial score (nSPS) is 24.0. The third kappa shape index (κ3) is 4.58. The van der Waals surface area contributed by atoms with Gasteiger partial charge in [0.25, 0.3) is 0 Å². The van der Waals surface area contributed by atoms with E-state index in [9.17, 15) is 15.0 Å². The third-order valence-electron chi connectivity index (χ3n) is 10.6. The Morgan fingerprint density at radius 1 is 0.870 bits per heavy atom. The summed E-state index contributed by atoms with van der Waals surface area (Å²) >= 11 is 0. The molecule has 0 saturated heterocycles. The van der Waals surface area contributed by atoms with E-state index in [0.29, 0.717) is 25.0 Å². The van der Waals surface area contributed by atoms with Gasteiger partial charge in [-0.25, -0.2) is 9.98 Å². The van der Waals surface area contributed by atoms with Crippen molar-refractivity contribution in [1.82, 2.24) is 4.98 Å². The molecule has 234 valence electrons. The van der Waals surface area contributed by atoms with Crippen molar-refractivity contribution in [2.45, 2.75) is 80.1 Å². The number of aliphatic hydroxyl groups is 1. The maximum Gasteiger partial charge on any atom is 0.303 e. The monoisotopic (exact) mass is 612 g/mol. The number of carboxylic acid groups (broad SMARTS) is 1. The molecule has 1 aromatic heterocycles. The standard InChI is InChI=1S/C39H40N4O3/c1-7-25-20(4)30-18-32-26(8-2)21(5)37(42-32)36(23-11-13-40-14-12-23)38-22(6)27(9-10-34(45)46)39(43-38)29-17-33(44)35-19(3)24(15-28(29)35)16-31(25)41-30/h11-14,16,18,22,27,44H,7-10,15,17H2,1-6H3,(H,45,46)/t22-,27-/m0/s1. The lowest BCUT2D eigenvalue weighted by molar-refractivity contribution is -0.137. The highest BCUT2D eigenvalue weighted by molar-refractivity contribution is 6.34. The molecule has 0 amide bonds. The summed E-state index contributed by atoms with van der Waals surface area (Å²) in [5.41, 5.74) is 17.5. The van der Waals surface area contributed by atoms with E-state index in [1.807, 2.05) is 12.1 Å². The van der Waals surface area contributed by atoms with Crippen molar-refractivity contribution in [3.05, 3.63) is 115 Å². The fourth-order valence-corrected chi connectivity index (χ4v) is 8.16. The molecular weight excluding hydrogens is 572 g/mol. The van der Waals surface area contributed by atoms with Gasteiger partial charge >= 0.3 is 5.97 Å². The third-order valence-corrected chi connectivity index (χ3v) is 10.6. The quantitative estimate of drug-likeness (QED) is 0.335. The molecule has 7 rings (SSSR count). The Morgan fingerprint density at radius 3 is 2.26 bits per heavy atom. The lowest BCUT2D eigenvalue weighted by Crippen LogP contribution is -2.20. The van der Waals surface area contributed by atoms with Gasteiger partial charge in [0.1, 0.15) is 5.76 Å². The number of rotatable bonds is 6. The van der Waals surface area contributed by atoms with Crippen molar-refractivity contribution in [1.29, 1.82) is 0 Å². The van der Waals surface area contributed by atoms with Crippen molar-refractivity contribution < 1.29 is 15.0 Å². The number of allylic oxidation sites excluding steroid dienone is 13. The minimum atomic E-state index is -0.817. The van der Waals surface area contributed by atoms with Crippen LogP contribution in [0.25, 0.3) is 5.57 Å². The second kappa shape index (κ2) is 11.3. The molecule has 0 saturated carbocycles. The fourth-order valence-electron chi connectivity index (χ4n) is 8.16. The van der Waals surface area contributed by atoms with Crippen molar-refractivity contribution >= 4 is 28.7 Å². The molecule has 46 heavy (non-hydrogen) atoms. The lowest BCUT2D eigenvalue weighted by atomic mass is 9.80. The van der Waals surface area contributed by atoms with Gasteiger partial charge in [-0.1, -0.05) is 20.8 Å². The van der Waals surface area contributed by atoms with Gasteiger partial charge in [0.05, 0.1) is 28.5 Å². The minimum absolute atomic E-state index is 0.0494. The smallest absolute Gasteiger partial charge is 0.303 e. The first-order valence-corrected chi connectivity index (χ1v) is 16.4. The van der Waals surface area contributed by atoms with Crippen molar-refractivity contribution in [3.8, 4) is 0 Å². The number of nitrogens with zero attached hydrogens (tertiary/aromatic N) is 4. The van der Waals surface area contributed by atoms with Crippen LogP contribution in [0.4, 0.5) is 0 Å². The number of aliphatic imine (C=N–C) groups is 3. The van der Waals surface area contributed by atoms with Crippen LogP contribution in [0.5, 0.6) is 0 Å². The predicted molar refractivity (Wildman–Crippen MR) is 184 cm³/mol. The zero-order valence-corrected chi connectivity index (χ0v) is 27.5. The number of aliphatic carboxylic acids is 1. The molecule has 2 atom stereocenters. The Balaban J connectivity index is 1.56. The molecule has 0 spiro atoms. The van der Waals surface area contributed by atoms with E-state index in [0.717, 1.165) is 91.6 Å². The molecule has 0 fully saturated rings. The Bertz CT molecular complexity index is 1970. The van der Waals surface area contributed by atoms with Gasteiger partial charge in [-0.15, -0.1) is 0 Å². The van der Waals surface area contributed by atoms with E-state index in [4.69, 9.17) is 15.0 Å². The Morgan fingerprint density at radius 2 is 1.57 bits per heavy atom. The molecule has 2 aliphatic carbocycles. The highest BCUT2D eigenvalue weighted by Crippen LogP contribution is 2.51.